The largest absolute Gasteiger partial charge is 0.496 e. The molecule has 1 heterocycles. The maximum Gasteiger partial charge on any atom is 0.338 e. The molecule has 2 aromatic carbocycles. The molecule has 2 aromatic rings. The second-order valence-corrected chi connectivity index (χ2v) is 5.62. The number of aryl methyl sites for hydroxylation is 1. The van der Waals surface area contributed by atoms with Crippen molar-refractivity contribution < 1.29 is 23.9 Å². The Hall–Kier alpha value is -3.15. The molecule has 0 aliphatic carbocycles. The predicted molar refractivity (Wildman–Crippen MR) is 91.0 cm³/mol. The van der Waals surface area contributed by atoms with E-state index in [0.717, 1.165) is 5.56 Å². The van der Waals surface area contributed by atoms with Gasteiger partial charge in [-0.1, -0.05) is 12.1 Å². The van der Waals surface area contributed by atoms with E-state index < -0.39 is 5.97 Å². The number of anilines is 1. The number of carbonyl (C=O) groups excluding carboxylic acids is 3. The smallest absolute Gasteiger partial charge is 0.338 e. The fourth-order valence-corrected chi connectivity index (χ4v) is 2.68. The Morgan fingerprint density at radius 3 is 2.72 bits per heavy atom. The van der Waals surface area contributed by atoms with Gasteiger partial charge in [-0.2, -0.15) is 0 Å². The highest BCUT2D eigenvalue weighted by Gasteiger charge is 2.19. The molecule has 6 nitrogen and oxygen atoms in total. The molecule has 1 aliphatic heterocycles. The number of ketones is 1. The number of fused-ring (bicyclic) bond motifs is 1. The van der Waals surface area contributed by atoms with Crippen LogP contribution in [0, 0.1) is 0 Å². The van der Waals surface area contributed by atoms with Gasteiger partial charge in [-0.3, -0.25) is 9.59 Å². The number of Topliss-reactive ketones (excluding diaryl/α,β-unsaturated/α-hetero) is 1. The molecule has 0 unspecified atom stereocenters. The Bertz CT molecular complexity index is 843. The van der Waals surface area contributed by atoms with E-state index in [2.05, 4.69) is 5.32 Å². The molecular weight excluding hydrogens is 322 g/mol. The summed E-state index contributed by atoms with van der Waals surface area (Å²) in [5.74, 6) is -0.516. The first-order chi connectivity index (χ1) is 12.1. The molecule has 3 rings (SSSR count). The zero-order valence-corrected chi connectivity index (χ0v) is 13.7. The predicted octanol–water partition coefficient (Wildman–Crippen LogP) is 2.62. The molecule has 1 amide bonds. The number of hydrogen-bond donors (Lipinski definition) is 1. The van der Waals surface area contributed by atoms with Crippen molar-refractivity contribution in [2.45, 2.75) is 12.8 Å². The van der Waals surface area contributed by atoms with Crippen molar-refractivity contribution >= 4 is 23.3 Å². The van der Waals surface area contributed by atoms with Crippen LogP contribution in [-0.4, -0.2) is 31.4 Å². The fourth-order valence-electron chi connectivity index (χ4n) is 2.68. The van der Waals surface area contributed by atoms with E-state index in [1.807, 2.05) is 0 Å². The lowest BCUT2D eigenvalue weighted by Crippen LogP contribution is -2.20. The molecule has 0 fully saturated rings. The lowest BCUT2D eigenvalue weighted by molar-refractivity contribution is -0.116. The third kappa shape index (κ3) is 3.68. The van der Waals surface area contributed by atoms with Gasteiger partial charge in [0.15, 0.2) is 6.61 Å². The summed E-state index contributed by atoms with van der Waals surface area (Å²) < 4.78 is 10.3. The molecule has 1 aliphatic rings. The third-order valence-corrected chi connectivity index (χ3v) is 3.98. The van der Waals surface area contributed by atoms with Gasteiger partial charge in [-0.15, -0.1) is 0 Å². The van der Waals surface area contributed by atoms with Crippen LogP contribution in [-0.2, 0) is 16.0 Å². The van der Waals surface area contributed by atoms with E-state index in [9.17, 15) is 14.4 Å². The Kier molecular flexibility index (Phi) is 4.79. The summed E-state index contributed by atoms with van der Waals surface area (Å²) in [7, 11) is 1.48. The third-order valence-electron chi connectivity index (χ3n) is 3.98. The molecule has 0 spiro atoms. The topological polar surface area (TPSA) is 81.7 Å². The van der Waals surface area contributed by atoms with Crippen LogP contribution >= 0.6 is 0 Å². The average molecular weight is 339 g/mol. The van der Waals surface area contributed by atoms with Crippen molar-refractivity contribution in [1.29, 1.82) is 0 Å². The van der Waals surface area contributed by atoms with Crippen molar-refractivity contribution in [2.24, 2.45) is 0 Å². The van der Waals surface area contributed by atoms with Crippen molar-refractivity contribution in [2.75, 3.05) is 19.0 Å². The monoisotopic (exact) mass is 339 g/mol. The first-order valence-electron chi connectivity index (χ1n) is 7.84. The van der Waals surface area contributed by atoms with Crippen LogP contribution in [0.25, 0.3) is 0 Å². The minimum atomic E-state index is -0.581. The minimum Gasteiger partial charge on any atom is -0.496 e. The summed E-state index contributed by atoms with van der Waals surface area (Å²) in [5.41, 5.74) is 2.30. The molecule has 0 saturated carbocycles. The molecule has 0 radical (unpaired) electrons. The Morgan fingerprint density at radius 2 is 1.92 bits per heavy atom. The average Bonchev–Trinajstić information content (AvgIpc) is 2.65. The number of amides is 1. The Morgan fingerprint density at radius 1 is 1.12 bits per heavy atom. The number of ether oxygens (including phenoxy) is 2. The highest BCUT2D eigenvalue weighted by atomic mass is 16.5. The van der Waals surface area contributed by atoms with Crippen LogP contribution in [0.4, 0.5) is 5.69 Å². The number of para-hydroxylation sites is 1. The van der Waals surface area contributed by atoms with Crippen molar-refractivity contribution in [1.82, 2.24) is 0 Å². The van der Waals surface area contributed by atoms with Crippen molar-refractivity contribution in [3.05, 3.63) is 59.2 Å². The van der Waals surface area contributed by atoms with Gasteiger partial charge in [0, 0.05) is 12.1 Å². The zero-order valence-electron chi connectivity index (χ0n) is 13.7. The van der Waals surface area contributed by atoms with E-state index in [1.54, 1.807) is 42.5 Å². The van der Waals surface area contributed by atoms with Crippen molar-refractivity contribution in [3.63, 3.8) is 0 Å². The fraction of sp³-hybridized carbons (Fsp3) is 0.211. The van der Waals surface area contributed by atoms with Crippen LogP contribution in [0.15, 0.2) is 42.5 Å². The highest BCUT2D eigenvalue weighted by Crippen LogP contribution is 2.24. The number of hydrogen-bond acceptors (Lipinski definition) is 5. The number of benzene rings is 2. The van der Waals surface area contributed by atoms with Gasteiger partial charge < -0.3 is 14.8 Å². The van der Waals surface area contributed by atoms with Gasteiger partial charge in [-0.25, -0.2) is 4.79 Å². The summed E-state index contributed by atoms with van der Waals surface area (Å²) in [5, 5.41) is 2.75. The number of carbonyl (C=O) groups is 3. The summed E-state index contributed by atoms with van der Waals surface area (Å²) in [4.78, 5) is 35.8. The van der Waals surface area contributed by atoms with Gasteiger partial charge in [0.1, 0.15) is 5.75 Å². The lowest BCUT2D eigenvalue weighted by Gasteiger charge is -2.17. The summed E-state index contributed by atoms with van der Waals surface area (Å²) in [6.45, 7) is -0.368. The lowest BCUT2D eigenvalue weighted by atomic mass is 10.0. The molecule has 25 heavy (non-hydrogen) atoms. The second-order valence-electron chi connectivity index (χ2n) is 5.62. The van der Waals surface area contributed by atoms with Crippen LogP contribution in [0.2, 0.25) is 0 Å². The summed E-state index contributed by atoms with van der Waals surface area (Å²) >= 11 is 0. The van der Waals surface area contributed by atoms with Gasteiger partial charge in [0.2, 0.25) is 11.7 Å². The quantitative estimate of drug-likeness (QED) is 0.669. The second kappa shape index (κ2) is 7.17. The number of nitrogens with one attached hydrogen (secondary N) is 1. The molecule has 0 aromatic heterocycles. The SMILES string of the molecule is COc1ccccc1C(=O)COC(=O)c1ccc2c(c1)CCC(=O)N2. The van der Waals surface area contributed by atoms with E-state index in [1.165, 1.54) is 7.11 Å². The molecule has 128 valence electrons. The van der Waals surface area contributed by atoms with Crippen LogP contribution < -0.4 is 10.1 Å². The van der Waals surface area contributed by atoms with Gasteiger partial charge in [0.05, 0.1) is 18.2 Å². The first-order valence-corrected chi connectivity index (χ1v) is 7.84. The van der Waals surface area contributed by atoms with Gasteiger partial charge in [-0.05, 0) is 42.3 Å². The molecule has 0 saturated heterocycles. The van der Waals surface area contributed by atoms with Crippen LogP contribution in [0.3, 0.4) is 0 Å². The highest BCUT2D eigenvalue weighted by molar-refractivity contribution is 6.01. The normalized spacial score (nSPS) is 12.8. The van der Waals surface area contributed by atoms with Crippen LogP contribution in [0.1, 0.15) is 32.7 Å². The van der Waals surface area contributed by atoms with Crippen LogP contribution in [0.5, 0.6) is 5.75 Å². The van der Waals surface area contributed by atoms with Gasteiger partial charge >= 0.3 is 5.97 Å². The van der Waals surface area contributed by atoms with E-state index in [0.29, 0.717) is 35.4 Å². The molecule has 1 N–H and O–H groups in total. The zero-order chi connectivity index (χ0) is 17.8. The maximum absolute atomic E-state index is 12.2. The number of methoxy groups -OCH3 is 1. The van der Waals surface area contributed by atoms with E-state index in [-0.39, 0.29) is 18.3 Å². The van der Waals surface area contributed by atoms with E-state index >= 15 is 0 Å². The van der Waals surface area contributed by atoms with Crippen molar-refractivity contribution in [3.8, 4) is 5.75 Å². The Balaban J connectivity index is 1.67. The molecule has 0 bridgehead atoms. The summed E-state index contributed by atoms with van der Waals surface area (Å²) in [6.07, 6.45) is 0.959. The summed E-state index contributed by atoms with van der Waals surface area (Å²) in [6, 6.07) is 11.7. The molecule has 6 heteroatoms. The molecule has 0 atom stereocenters. The molecular formula is C19H17NO5. The Labute approximate surface area is 144 Å². The maximum atomic E-state index is 12.2. The van der Waals surface area contributed by atoms with E-state index in [4.69, 9.17) is 9.47 Å². The van der Waals surface area contributed by atoms with Gasteiger partial charge in [0.25, 0.3) is 0 Å². The number of esters is 1. The minimum absolute atomic E-state index is 0.0368. The number of rotatable bonds is 5. The standard InChI is InChI=1S/C19H17NO5/c1-24-17-5-3-2-4-14(17)16(21)11-25-19(23)13-6-8-15-12(10-13)7-9-18(22)20-15/h2-6,8,10H,7,9,11H2,1H3,(H,20,22). The first kappa shape index (κ1) is 16.7.